The highest BCUT2D eigenvalue weighted by molar-refractivity contribution is 4.87. The summed E-state index contributed by atoms with van der Waals surface area (Å²) in [5.41, 5.74) is 5.65. The van der Waals surface area contributed by atoms with Gasteiger partial charge >= 0.3 is 0 Å². The van der Waals surface area contributed by atoms with Crippen LogP contribution in [-0.4, -0.2) is 29.8 Å². The van der Waals surface area contributed by atoms with E-state index >= 15 is 0 Å². The standard InChI is InChI=1S/C10H22N2O/c1-7(2)3-10(13)6-12-9-4-8(11)5-9/h7-10,12-13H,3-6,11H2,1-2H3. The van der Waals surface area contributed by atoms with Crippen molar-refractivity contribution in [2.24, 2.45) is 11.7 Å². The van der Waals surface area contributed by atoms with E-state index in [1.807, 2.05) is 0 Å². The molecule has 1 saturated carbocycles. The van der Waals surface area contributed by atoms with Crippen molar-refractivity contribution in [3.05, 3.63) is 0 Å². The van der Waals surface area contributed by atoms with Gasteiger partial charge in [-0.25, -0.2) is 0 Å². The highest BCUT2D eigenvalue weighted by Gasteiger charge is 2.25. The molecule has 78 valence electrons. The van der Waals surface area contributed by atoms with E-state index in [-0.39, 0.29) is 6.10 Å². The second-order valence-corrected chi connectivity index (χ2v) is 4.62. The van der Waals surface area contributed by atoms with E-state index in [1.54, 1.807) is 0 Å². The van der Waals surface area contributed by atoms with Crippen molar-refractivity contribution in [3.8, 4) is 0 Å². The molecule has 4 N–H and O–H groups in total. The van der Waals surface area contributed by atoms with Gasteiger partial charge in [0.2, 0.25) is 0 Å². The fourth-order valence-corrected chi connectivity index (χ4v) is 1.76. The Morgan fingerprint density at radius 3 is 2.54 bits per heavy atom. The van der Waals surface area contributed by atoms with Gasteiger partial charge in [-0.1, -0.05) is 13.8 Å². The van der Waals surface area contributed by atoms with Gasteiger partial charge in [-0.2, -0.15) is 0 Å². The number of hydrogen-bond acceptors (Lipinski definition) is 3. The first-order valence-corrected chi connectivity index (χ1v) is 5.25. The lowest BCUT2D eigenvalue weighted by Crippen LogP contribution is -2.50. The Morgan fingerprint density at radius 2 is 2.08 bits per heavy atom. The molecular formula is C10H22N2O. The van der Waals surface area contributed by atoms with E-state index < -0.39 is 0 Å². The quantitative estimate of drug-likeness (QED) is 0.585. The van der Waals surface area contributed by atoms with Gasteiger partial charge in [0.15, 0.2) is 0 Å². The van der Waals surface area contributed by atoms with Crippen LogP contribution in [0.2, 0.25) is 0 Å². The third kappa shape index (κ3) is 4.07. The number of nitrogens with two attached hydrogens (primary N) is 1. The lowest BCUT2D eigenvalue weighted by atomic mass is 9.87. The van der Waals surface area contributed by atoms with Crippen molar-refractivity contribution < 1.29 is 5.11 Å². The van der Waals surface area contributed by atoms with Crippen molar-refractivity contribution in [1.82, 2.24) is 5.32 Å². The molecule has 0 saturated heterocycles. The van der Waals surface area contributed by atoms with E-state index in [1.165, 1.54) is 0 Å². The van der Waals surface area contributed by atoms with Crippen molar-refractivity contribution >= 4 is 0 Å². The molecule has 0 spiro atoms. The molecule has 1 fully saturated rings. The molecular weight excluding hydrogens is 164 g/mol. The van der Waals surface area contributed by atoms with Gasteiger partial charge in [0, 0.05) is 18.6 Å². The Balaban J connectivity index is 1.99. The largest absolute Gasteiger partial charge is 0.392 e. The van der Waals surface area contributed by atoms with E-state index in [0.29, 0.717) is 18.0 Å². The zero-order chi connectivity index (χ0) is 9.84. The van der Waals surface area contributed by atoms with Crippen molar-refractivity contribution in [3.63, 3.8) is 0 Å². The summed E-state index contributed by atoms with van der Waals surface area (Å²) in [4.78, 5) is 0. The summed E-state index contributed by atoms with van der Waals surface area (Å²) >= 11 is 0. The molecule has 0 heterocycles. The predicted octanol–water partition coefficient (Wildman–Crippen LogP) is 0.473. The molecule has 1 rings (SSSR count). The zero-order valence-electron chi connectivity index (χ0n) is 8.66. The van der Waals surface area contributed by atoms with Crippen LogP contribution in [0.15, 0.2) is 0 Å². The van der Waals surface area contributed by atoms with Crippen LogP contribution in [0.3, 0.4) is 0 Å². The number of aliphatic hydroxyl groups is 1. The first kappa shape index (κ1) is 11.0. The first-order valence-electron chi connectivity index (χ1n) is 5.25. The molecule has 0 aromatic rings. The predicted molar refractivity (Wildman–Crippen MR) is 54.5 cm³/mol. The van der Waals surface area contributed by atoms with Crippen molar-refractivity contribution in [2.45, 2.75) is 51.3 Å². The Hall–Kier alpha value is -0.120. The van der Waals surface area contributed by atoms with Gasteiger partial charge in [-0.15, -0.1) is 0 Å². The summed E-state index contributed by atoms with van der Waals surface area (Å²) in [5, 5.41) is 12.9. The Kier molecular flexibility index (Phi) is 4.16. The smallest absolute Gasteiger partial charge is 0.0667 e. The molecule has 0 aromatic heterocycles. The third-order valence-corrected chi connectivity index (χ3v) is 2.56. The molecule has 0 bridgehead atoms. The average molecular weight is 186 g/mol. The van der Waals surface area contributed by atoms with E-state index in [2.05, 4.69) is 19.2 Å². The minimum atomic E-state index is -0.197. The van der Waals surface area contributed by atoms with Gasteiger partial charge in [-0.05, 0) is 25.2 Å². The molecule has 13 heavy (non-hydrogen) atoms. The molecule has 1 atom stereocenters. The minimum Gasteiger partial charge on any atom is -0.392 e. The molecule has 0 amide bonds. The number of hydrogen-bond donors (Lipinski definition) is 3. The normalized spacial score (nSPS) is 30.2. The topological polar surface area (TPSA) is 58.3 Å². The van der Waals surface area contributed by atoms with Crippen molar-refractivity contribution in [2.75, 3.05) is 6.54 Å². The summed E-state index contributed by atoms with van der Waals surface area (Å²) in [5.74, 6) is 0.570. The van der Waals surface area contributed by atoms with Crippen LogP contribution in [0.25, 0.3) is 0 Å². The maximum absolute atomic E-state index is 9.56. The molecule has 0 radical (unpaired) electrons. The molecule has 3 nitrogen and oxygen atoms in total. The SMILES string of the molecule is CC(C)CC(O)CNC1CC(N)C1. The summed E-state index contributed by atoms with van der Waals surface area (Å²) in [7, 11) is 0. The highest BCUT2D eigenvalue weighted by atomic mass is 16.3. The summed E-state index contributed by atoms with van der Waals surface area (Å²) < 4.78 is 0. The highest BCUT2D eigenvalue weighted by Crippen LogP contribution is 2.17. The molecule has 0 aliphatic heterocycles. The number of rotatable bonds is 5. The van der Waals surface area contributed by atoms with Crippen LogP contribution in [0.5, 0.6) is 0 Å². The summed E-state index contributed by atoms with van der Waals surface area (Å²) in [6.07, 6.45) is 2.81. The molecule has 3 heteroatoms. The lowest BCUT2D eigenvalue weighted by Gasteiger charge is -2.34. The maximum atomic E-state index is 9.56. The molecule has 1 unspecified atom stereocenters. The molecule has 1 aliphatic rings. The Bertz CT molecular complexity index is 144. The monoisotopic (exact) mass is 186 g/mol. The maximum Gasteiger partial charge on any atom is 0.0667 e. The van der Waals surface area contributed by atoms with Gasteiger partial charge in [0.05, 0.1) is 6.10 Å². The second kappa shape index (κ2) is 4.94. The van der Waals surface area contributed by atoms with Crippen LogP contribution in [-0.2, 0) is 0 Å². The zero-order valence-corrected chi connectivity index (χ0v) is 8.66. The fourth-order valence-electron chi connectivity index (χ4n) is 1.76. The number of nitrogens with one attached hydrogen (secondary N) is 1. The average Bonchev–Trinajstić information content (AvgIpc) is 1.94. The lowest BCUT2D eigenvalue weighted by molar-refractivity contribution is 0.133. The van der Waals surface area contributed by atoms with Gasteiger partial charge in [0.25, 0.3) is 0 Å². The first-order chi connectivity index (χ1) is 6.08. The van der Waals surface area contributed by atoms with Crippen LogP contribution in [0.1, 0.15) is 33.1 Å². The molecule has 1 aliphatic carbocycles. The summed E-state index contributed by atoms with van der Waals surface area (Å²) in [6, 6.07) is 0.941. The molecule has 0 aromatic carbocycles. The van der Waals surface area contributed by atoms with Crippen LogP contribution in [0.4, 0.5) is 0 Å². The van der Waals surface area contributed by atoms with E-state index in [0.717, 1.165) is 25.8 Å². The van der Waals surface area contributed by atoms with E-state index in [4.69, 9.17) is 5.73 Å². The van der Waals surface area contributed by atoms with Gasteiger partial charge in [0.1, 0.15) is 0 Å². The van der Waals surface area contributed by atoms with Gasteiger partial charge < -0.3 is 16.2 Å². The van der Waals surface area contributed by atoms with Gasteiger partial charge in [-0.3, -0.25) is 0 Å². The third-order valence-electron chi connectivity index (χ3n) is 2.56. The Labute approximate surface area is 80.7 Å². The van der Waals surface area contributed by atoms with Crippen LogP contribution < -0.4 is 11.1 Å². The van der Waals surface area contributed by atoms with Crippen LogP contribution in [0, 0.1) is 5.92 Å². The number of aliphatic hydroxyl groups excluding tert-OH is 1. The van der Waals surface area contributed by atoms with E-state index in [9.17, 15) is 5.11 Å². The second-order valence-electron chi connectivity index (χ2n) is 4.62. The fraction of sp³-hybridized carbons (Fsp3) is 1.00. The van der Waals surface area contributed by atoms with Crippen molar-refractivity contribution in [1.29, 1.82) is 0 Å². The minimum absolute atomic E-state index is 0.197. The Morgan fingerprint density at radius 1 is 1.46 bits per heavy atom. The van der Waals surface area contributed by atoms with Crippen LogP contribution >= 0.6 is 0 Å². The summed E-state index contributed by atoms with van der Waals surface area (Å²) in [6.45, 7) is 4.97.